The van der Waals surface area contributed by atoms with Gasteiger partial charge in [-0.1, -0.05) is 25.1 Å². The Bertz CT molecular complexity index is 914. The summed E-state index contributed by atoms with van der Waals surface area (Å²) >= 11 is 0. The van der Waals surface area contributed by atoms with Gasteiger partial charge < -0.3 is 9.64 Å². The predicted molar refractivity (Wildman–Crippen MR) is 114 cm³/mol. The van der Waals surface area contributed by atoms with E-state index in [4.69, 9.17) is 4.74 Å². The third kappa shape index (κ3) is 5.09. The van der Waals surface area contributed by atoms with Gasteiger partial charge in [0.15, 0.2) is 0 Å². The molecule has 0 bridgehead atoms. The van der Waals surface area contributed by atoms with Crippen molar-refractivity contribution in [2.45, 2.75) is 31.6 Å². The molecule has 1 unspecified atom stereocenters. The summed E-state index contributed by atoms with van der Waals surface area (Å²) in [5.74, 6) is 0.909. The number of rotatable bonds is 7. The van der Waals surface area contributed by atoms with E-state index in [9.17, 15) is 13.2 Å². The topological polar surface area (TPSA) is 66.9 Å². The highest BCUT2D eigenvalue weighted by Gasteiger charge is 2.30. The van der Waals surface area contributed by atoms with Gasteiger partial charge in [-0.05, 0) is 62.1 Å². The summed E-state index contributed by atoms with van der Waals surface area (Å²) in [6.45, 7) is 5.64. The lowest BCUT2D eigenvalue weighted by Gasteiger charge is -2.33. The zero-order valence-electron chi connectivity index (χ0n) is 17.0. The minimum absolute atomic E-state index is 0.161. The molecule has 1 amide bonds. The van der Waals surface area contributed by atoms with E-state index in [-0.39, 0.29) is 17.3 Å². The highest BCUT2D eigenvalue weighted by atomic mass is 32.2. The van der Waals surface area contributed by atoms with Gasteiger partial charge in [-0.15, -0.1) is 0 Å². The fraction of sp³-hybridized carbons (Fsp3) is 0.409. The quantitative estimate of drug-likeness (QED) is 0.692. The number of carbonyl (C=O) groups is 1. The molecule has 0 N–H and O–H groups in total. The molecule has 2 aromatic carbocycles. The van der Waals surface area contributed by atoms with Crippen molar-refractivity contribution in [1.82, 2.24) is 4.90 Å². The lowest BCUT2D eigenvalue weighted by molar-refractivity contribution is -0.131. The molecule has 0 aliphatic carbocycles. The van der Waals surface area contributed by atoms with Crippen molar-refractivity contribution in [2.24, 2.45) is 5.92 Å². The summed E-state index contributed by atoms with van der Waals surface area (Å²) in [6.07, 6.45) is 2.04. The second-order valence-electron chi connectivity index (χ2n) is 7.34. The van der Waals surface area contributed by atoms with Crippen LogP contribution in [-0.2, 0) is 14.8 Å². The van der Waals surface area contributed by atoms with Gasteiger partial charge in [0.1, 0.15) is 12.3 Å². The Labute approximate surface area is 173 Å². The number of carbonyl (C=O) groups excluding carboxylic acids is 1. The van der Waals surface area contributed by atoms with Crippen LogP contribution in [0.4, 0.5) is 5.69 Å². The van der Waals surface area contributed by atoms with E-state index >= 15 is 0 Å². The SMILES string of the molecule is CCOc1ccc(N(CC(=O)N2CCCC(C)C2)S(=O)(=O)c2ccccc2)cc1. The molecule has 29 heavy (non-hydrogen) atoms. The van der Waals surface area contributed by atoms with Gasteiger partial charge in [-0.25, -0.2) is 8.42 Å². The molecule has 1 saturated heterocycles. The van der Waals surface area contributed by atoms with Crippen molar-refractivity contribution >= 4 is 21.6 Å². The molecule has 2 aromatic rings. The van der Waals surface area contributed by atoms with E-state index in [1.165, 1.54) is 4.31 Å². The molecule has 1 aliphatic heterocycles. The molecular weight excluding hydrogens is 388 g/mol. The number of benzene rings is 2. The van der Waals surface area contributed by atoms with E-state index in [0.29, 0.717) is 37.1 Å². The van der Waals surface area contributed by atoms with Crippen molar-refractivity contribution < 1.29 is 17.9 Å². The molecule has 1 atom stereocenters. The van der Waals surface area contributed by atoms with Crippen molar-refractivity contribution in [1.29, 1.82) is 0 Å². The number of anilines is 1. The monoisotopic (exact) mass is 416 g/mol. The number of hydrogen-bond donors (Lipinski definition) is 0. The number of likely N-dealkylation sites (tertiary alicyclic amines) is 1. The van der Waals surface area contributed by atoms with Gasteiger partial charge in [-0.2, -0.15) is 0 Å². The zero-order chi connectivity index (χ0) is 20.9. The number of hydrogen-bond acceptors (Lipinski definition) is 4. The van der Waals surface area contributed by atoms with Crippen LogP contribution in [0.25, 0.3) is 0 Å². The first-order chi connectivity index (χ1) is 13.9. The Morgan fingerprint density at radius 2 is 1.83 bits per heavy atom. The zero-order valence-corrected chi connectivity index (χ0v) is 17.8. The van der Waals surface area contributed by atoms with Gasteiger partial charge in [0, 0.05) is 13.1 Å². The van der Waals surface area contributed by atoms with Crippen molar-refractivity contribution in [3.8, 4) is 5.75 Å². The second-order valence-corrected chi connectivity index (χ2v) is 9.20. The highest BCUT2D eigenvalue weighted by molar-refractivity contribution is 7.92. The fourth-order valence-electron chi connectivity index (χ4n) is 3.55. The number of ether oxygens (including phenoxy) is 1. The molecule has 1 heterocycles. The summed E-state index contributed by atoms with van der Waals surface area (Å²) in [6, 6.07) is 15.0. The maximum atomic E-state index is 13.3. The van der Waals surface area contributed by atoms with Gasteiger partial charge in [0.2, 0.25) is 5.91 Å². The summed E-state index contributed by atoms with van der Waals surface area (Å²) in [5.41, 5.74) is 0.440. The lowest BCUT2D eigenvalue weighted by Crippen LogP contribution is -2.46. The van der Waals surface area contributed by atoms with Crippen LogP contribution in [0.3, 0.4) is 0 Å². The van der Waals surface area contributed by atoms with Crippen LogP contribution in [0, 0.1) is 5.92 Å². The first kappa shape index (κ1) is 21.2. The van der Waals surface area contributed by atoms with Crippen LogP contribution in [0.5, 0.6) is 5.75 Å². The lowest BCUT2D eigenvalue weighted by atomic mass is 10.0. The Balaban J connectivity index is 1.92. The van der Waals surface area contributed by atoms with Gasteiger partial charge in [0.25, 0.3) is 10.0 Å². The van der Waals surface area contributed by atoms with E-state index in [1.54, 1.807) is 59.5 Å². The smallest absolute Gasteiger partial charge is 0.264 e. The standard InChI is InChI=1S/C22H28N2O4S/c1-3-28-20-13-11-19(12-14-20)24(29(26,27)21-9-5-4-6-10-21)17-22(25)23-15-7-8-18(2)16-23/h4-6,9-14,18H,3,7-8,15-17H2,1-2H3. The van der Waals surface area contributed by atoms with E-state index in [2.05, 4.69) is 6.92 Å². The fourth-order valence-corrected chi connectivity index (χ4v) is 4.98. The maximum absolute atomic E-state index is 13.3. The third-order valence-electron chi connectivity index (χ3n) is 5.06. The van der Waals surface area contributed by atoms with Crippen LogP contribution < -0.4 is 9.04 Å². The molecule has 1 aliphatic rings. The summed E-state index contributed by atoms with van der Waals surface area (Å²) in [7, 11) is -3.88. The van der Waals surface area contributed by atoms with Crippen molar-refractivity contribution in [2.75, 3.05) is 30.5 Å². The van der Waals surface area contributed by atoms with E-state index in [1.807, 2.05) is 6.92 Å². The predicted octanol–water partition coefficient (Wildman–Crippen LogP) is 3.54. The molecular formula is C22H28N2O4S. The van der Waals surface area contributed by atoms with E-state index < -0.39 is 10.0 Å². The molecule has 1 fully saturated rings. The Kier molecular flexibility index (Phi) is 6.79. The Morgan fingerprint density at radius 1 is 1.14 bits per heavy atom. The van der Waals surface area contributed by atoms with Crippen LogP contribution in [-0.4, -0.2) is 45.5 Å². The van der Waals surface area contributed by atoms with Crippen molar-refractivity contribution in [3.05, 3.63) is 54.6 Å². The minimum atomic E-state index is -3.88. The average Bonchev–Trinajstić information content (AvgIpc) is 2.73. The van der Waals surface area contributed by atoms with Crippen LogP contribution in [0.2, 0.25) is 0 Å². The number of amides is 1. The molecule has 0 saturated carbocycles. The number of sulfonamides is 1. The van der Waals surface area contributed by atoms with Crippen LogP contribution in [0.1, 0.15) is 26.7 Å². The highest BCUT2D eigenvalue weighted by Crippen LogP contribution is 2.26. The molecule has 0 aromatic heterocycles. The molecule has 7 heteroatoms. The largest absolute Gasteiger partial charge is 0.494 e. The minimum Gasteiger partial charge on any atom is -0.494 e. The Hall–Kier alpha value is -2.54. The summed E-state index contributed by atoms with van der Waals surface area (Å²) in [4.78, 5) is 14.9. The summed E-state index contributed by atoms with van der Waals surface area (Å²) < 4.78 is 33.3. The van der Waals surface area contributed by atoms with Crippen LogP contribution >= 0.6 is 0 Å². The second kappa shape index (κ2) is 9.31. The van der Waals surface area contributed by atoms with Gasteiger partial charge >= 0.3 is 0 Å². The van der Waals surface area contributed by atoms with E-state index in [0.717, 1.165) is 12.8 Å². The molecule has 156 valence electrons. The van der Waals surface area contributed by atoms with Crippen molar-refractivity contribution in [3.63, 3.8) is 0 Å². The third-order valence-corrected chi connectivity index (χ3v) is 6.84. The van der Waals surface area contributed by atoms with Crippen LogP contribution in [0.15, 0.2) is 59.5 Å². The van der Waals surface area contributed by atoms with Gasteiger partial charge in [0.05, 0.1) is 17.2 Å². The normalized spacial score (nSPS) is 17.0. The maximum Gasteiger partial charge on any atom is 0.264 e. The molecule has 0 radical (unpaired) electrons. The molecule has 6 nitrogen and oxygen atoms in total. The number of nitrogens with zero attached hydrogens (tertiary/aromatic N) is 2. The number of piperidine rings is 1. The summed E-state index contributed by atoms with van der Waals surface area (Å²) in [5, 5.41) is 0. The Morgan fingerprint density at radius 3 is 2.45 bits per heavy atom. The first-order valence-electron chi connectivity index (χ1n) is 10.00. The first-order valence-corrected chi connectivity index (χ1v) is 11.4. The van der Waals surface area contributed by atoms with Gasteiger partial charge in [-0.3, -0.25) is 9.10 Å². The average molecular weight is 417 g/mol. The molecule has 0 spiro atoms. The molecule has 3 rings (SSSR count).